The predicted octanol–water partition coefficient (Wildman–Crippen LogP) is 3.03. The molecule has 0 amide bonds. The van der Waals surface area contributed by atoms with Crippen molar-refractivity contribution in [2.24, 2.45) is 0 Å². The molecule has 0 fully saturated rings. The lowest BCUT2D eigenvalue weighted by molar-refractivity contribution is 0.168. The summed E-state index contributed by atoms with van der Waals surface area (Å²) in [5, 5.41) is 17.9. The van der Waals surface area contributed by atoms with E-state index in [1.807, 2.05) is 19.1 Å². The number of methoxy groups -OCH3 is 2. The van der Waals surface area contributed by atoms with Crippen LogP contribution in [0.5, 0.6) is 23.0 Å². The van der Waals surface area contributed by atoms with Crippen molar-refractivity contribution >= 4 is 17.7 Å². The molecule has 7 heteroatoms. The minimum Gasteiger partial charge on any atom is -0.492 e. The van der Waals surface area contributed by atoms with Crippen molar-refractivity contribution in [1.82, 2.24) is 0 Å². The lowest BCUT2D eigenvalue weighted by Crippen LogP contribution is -2.05. The standard InChI is InChI=1S/C16H15ClN2O4/c1-9(17)4-11-12(5-10(6-18)7-19)14(21-3)16-15(13(11)20-2)22-8-23-16/h5,9H,4,8H2,1-3H3/t9-/m1/s1. The van der Waals surface area contributed by atoms with Crippen molar-refractivity contribution in [3.8, 4) is 35.1 Å². The van der Waals surface area contributed by atoms with Gasteiger partial charge in [-0.1, -0.05) is 0 Å². The minimum absolute atomic E-state index is 0.0362. The van der Waals surface area contributed by atoms with Crippen LogP contribution in [-0.2, 0) is 6.42 Å². The molecule has 0 spiro atoms. The lowest BCUT2D eigenvalue weighted by Gasteiger charge is -2.18. The van der Waals surface area contributed by atoms with Crippen LogP contribution in [-0.4, -0.2) is 26.4 Å². The molecule has 1 heterocycles. The average molecular weight is 335 g/mol. The molecule has 2 rings (SSSR count). The number of benzene rings is 1. The fourth-order valence-electron chi connectivity index (χ4n) is 2.42. The van der Waals surface area contributed by atoms with Crippen LogP contribution in [0.2, 0.25) is 0 Å². The second-order valence-electron chi connectivity index (χ2n) is 4.79. The third kappa shape index (κ3) is 3.13. The number of nitrogens with zero attached hydrogens (tertiary/aromatic N) is 2. The number of hydrogen-bond acceptors (Lipinski definition) is 6. The maximum Gasteiger partial charge on any atom is 0.231 e. The van der Waals surface area contributed by atoms with Gasteiger partial charge in [0.15, 0.2) is 11.5 Å². The van der Waals surface area contributed by atoms with Gasteiger partial charge in [-0.15, -0.1) is 11.6 Å². The van der Waals surface area contributed by atoms with Gasteiger partial charge in [0.25, 0.3) is 0 Å². The van der Waals surface area contributed by atoms with Crippen LogP contribution in [0.1, 0.15) is 18.1 Å². The van der Waals surface area contributed by atoms with Crippen LogP contribution < -0.4 is 18.9 Å². The van der Waals surface area contributed by atoms with Crippen molar-refractivity contribution in [2.75, 3.05) is 21.0 Å². The van der Waals surface area contributed by atoms with Gasteiger partial charge in [0, 0.05) is 16.5 Å². The summed E-state index contributed by atoms with van der Waals surface area (Å²) >= 11 is 6.14. The van der Waals surface area contributed by atoms with E-state index in [0.717, 1.165) is 0 Å². The SMILES string of the molecule is COc1c(C=C(C#N)C#N)c(C[C@@H](C)Cl)c(OC)c2c1OCO2. The van der Waals surface area contributed by atoms with Crippen molar-refractivity contribution in [2.45, 2.75) is 18.7 Å². The highest BCUT2D eigenvalue weighted by atomic mass is 35.5. The quantitative estimate of drug-likeness (QED) is 0.608. The molecule has 0 N–H and O–H groups in total. The molecule has 0 bridgehead atoms. The molecule has 6 nitrogen and oxygen atoms in total. The maximum absolute atomic E-state index is 9.05. The van der Waals surface area contributed by atoms with Crippen LogP contribution in [0, 0.1) is 22.7 Å². The molecule has 0 radical (unpaired) electrons. The minimum atomic E-state index is -0.200. The molecule has 1 aliphatic heterocycles. The van der Waals surface area contributed by atoms with Gasteiger partial charge in [0.2, 0.25) is 18.3 Å². The Bertz CT molecular complexity index is 713. The Morgan fingerprint density at radius 3 is 2.26 bits per heavy atom. The first-order valence-corrected chi connectivity index (χ1v) is 7.23. The fourth-order valence-corrected chi connectivity index (χ4v) is 2.58. The number of fused-ring (bicyclic) bond motifs is 1. The van der Waals surface area contributed by atoms with Gasteiger partial charge in [-0.2, -0.15) is 10.5 Å². The molecule has 0 aromatic heterocycles. The zero-order chi connectivity index (χ0) is 17.0. The topological polar surface area (TPSA) is 84.5 Å². The van der Waals surface area contributed by atoms with Gasteiger partial charge in [0.1, 0.15) is 17.7 Å². The molecule has 120 valence electrons. The monoisotopic (exact) mass is 334 g/mol. The molecular weight excluding hydrogens is 320 g/mol. The molecule has 1 aromatic rings. The van der Waals surface area contributed by atoms with E-state index in [-0.39, 0.29) is 17.7 Å². The van der Waals surface area contributed by atoms with Gasteiger partial charge in [-0.05, 0) is 19.4 Å². The summed E-state index contributed by atoms with van der Waals surface area (Å²) < 4.78 is 21.8. The zero-order valence-electron chi connectivity index (χ0n) is 13.0. The Labute approximate surface area is 139 Å². The fraction of sp³-hybridized carbons (Fsp3) is 0.375. The van der Waals surface area contributed by atoms with Gasteiger partial charge in [0.05, 0.1) is 14.2 Å². The van der Waals surface area contributed by atoms with Crippen LogP contribution in [0.3, 0.4) is 0 Å². The van der Waals surface area contributed by atoms with Gasteiger partial charge < -0.3 is 18.9 Å². The summed E-state index contributed by atoms with van der Waals surface area (Å²) in [6, 6.07) is 3.67. The van der Waals surface area contributed by atoms with E-state index in [4.69, 9.17) is 41.1 Å². The summed E-state index contributed by atoms with van der Waals surface area (Å²) in [4.78, 5) is 0. The Hall–Kier alpha value is -2.57. The molecule has 1 atom stereocenters. The first-order valence-electron chi connectivity index (χ1n) is 6.79. The molecule has 1 aromatic carbocycles. The number of rotatable bonds is 5. The first-order chi connectivity index (χ1) is 11.1. The molecule has 0 aliphatic carbocycles. The molecule has 0 saturated heterocycles. The molecule has 23 heavy (non-hydrogen) atoms. The van der Waals surface area contributed by atoms with E-state index >= 15 is 0 Å². The van der Waals surface area contributed by atoms with Gasteiger partial charge >= 0.3 is 0 Å². The molecule has 1 aliphatic rings. The molecule has 0 saturated carbocycles. The second kappa shape index (κ2) is 7.13. The summed E-state index contributed by atoms with van der Waals surface area (Å²) in [5.74, 6) is 1.67. The Kier molecular flexibility index (Phi) is 5.20. The van der Waals surface area contributed by atoms with E-state index in [1.165, 1.54) is 20.3 Å². The first kappa shape index (κ1) is 16.8. The van der Waals surface area contributed by atoms with Crippen molar-refractivity contribution in [3.63, 3.8) is 0 Å². The highest BCUT2D eigenvalue weighted by Crippen LogP contribution is 2.53. The highest BCUT2D eigenvalue weighted by Gasteiger charge is 2.31. The van der Waals surface area contributed by atoms with Gasteiger partial charge in [-0.3, -0.25) is 0 Å². The van der Waals surface area contributed by atoms with Crippen LogP contribution >= 0.6 is 11.6 Å². The van der Waals surface area contributed by atoms with E-state index in [2.05, 4.69) is 0 Å². The van der Waals surface area contributed by atoms with E-state index in [9.17, 15) is 0 Å². The molecular formula is C16H15ClN2O4. The van der Waals surface area contributed by atoms with Crippen molar-refractivity contribution in [3.05, 3.63) is 16.7 Å². The van der Waals surface area contributed by atoms with Crippen LogP contribution in [0.25, 0.3) is 6.08 Å². The third-order valence-electron chi connectivity index (χ3n) is 3.29. The lowest BCUT2D eigenvalue weighted by atomic mass is 9.97. The summed E-state index contributed by atoms with van der Waals surface area (Å²) in [7, 11) is 2.99. The number of alkyl halides is 1. The number of ether oxygens (including phenoxy) is 4. The predicted molar refractivity (Wildman–Crippen MR) is 83.9 cm³/mol. The van der Waals surface area contributed by atoms with Crippen molar-refractivity contribution < 1.29 is 18.9 Å². The highest BCUT2D eigenvalue weighted by molar-refractivity contribution is 6.20. The summed E-state index contributed by atoms with van der Waals surface area (Å²) in [5.41, 5.74) is 1.16. The number of allylic oxidation sites excluding steroid dienone is 1. The largest absolute Gasteiger partial charge is 0.492 e. The molecule has 0 unspecified atom stereocenters. The third-order valence-corrected chi connectivity index (χ3v) is 3.45. The van der Waals surface area contributed by atoms with Crippen molar-refractivity contribution in [1.29, 1.82) is 10.5 Å². The van der Waals surface area contributed by atoms with E-state index in [1.54, 1.807) is 0 Å². The maximum atomic E-state index is 9.05. The van der Waals surface area contributed by atoms with Gasteiger partial charge in [-0.25, -0.2) is 0 Å². The smallest absolute Gasteiger partial charge is 0.231 e. The Morgan fingerprint density at radius 2 is 1.78 bits per heavy atom. The Balaban J connectivity index is 2.83. The number of halogens is 1. The number of nitriles is 2. The Morgan fingerprint density at radius 1 is 1.22 bits per heavy atom. The second-order valence-corrected chi connectivity index (χ2v) is 5.54. The number of hydrogen-bond donors (Lipinski definition) is 0. The normalized spacial score (nSPS) is 12.8. The van der Waals surface area contributed by atoms with E-state index in [0.29, 0.717) is 40.5 Å². The summed E-state index contributed by atoms with van der Waals surface area (Å²) in [6.07, 6.45) is 1.88. The van der Waals surface area contributed by atoms with Crippen LogP contribution in [0.15, 0.2) is 5.57 Å². The summed E-state index contributed by atoms with van der Waals surface area (Å²) in [6.45, 7) is 1.87. The van der Waals surface area contributed by atoms with Crippen LogP contribution in [0.4, 0.5) is 0 Å². The van der Waals surface area contributed by atoms with E-state index < -0.39 is 0 Å². The average Bonchev–Trinajstić information content (AvgIpc) is 3.00. The zero-order valence-corrected chi connectivity index (χ0v) is 13.7.